The summed E-state index contributed by atoms with van der Waals surface area (Å²) in [5.41, 5.74) is 4.67. The minimum absolute atomic E-state index is 0.203. The van der Waals surface area contributed by atoms with Crippen LogP contribution in [0.2, 0.25) is 0 Å². The lowest BCUT2D eigenvalue weighted by molar-refractivity contribution is -0.137. The van der Waals surface area contributed by atoms with Gasteiger partial charge in [0.05, 0.1) is 19.2 Å². The number of hydrogen-bond acceptors (Lipinski definition) is 5. The first-order valence-corrected chi connectivity index (χ1v) is 10.5. The number of benzene rings is 2. The minimum atomic E-state index is -0.322. The van der Waals surface area contributed by atoms with Gasteiger partial charge >= 0.3 is 0 Å². The molecular formula is C24H22N2O3S. The van der Waals surface area contributed by atoms with Crippen molar-refractivity contribution in [3.8, 4) is 5.75 Å². The molecular weight excluding hydrogens is 396 g/mol. The Morgan fingerprint density at radius 1 is 0.967 bits per heavy atom. The van der Waals surface area contributed by atoms with E-state index in [2.05, 4.69) is 5.32 Å². The summed E-state index contributed by atoms with van der Waals surface area (Å²) in [6, 6.07) is 17.0. The molecule has 0 unspecified atom stereocenters. The number of carbonyl (C=O) groups excluding carboxylic acids is 2. The summed E-state index contributed by atoms with van der Waals surface area (Å²) in [5, 5.41) is 5.12. The number of rotatable bonds is 6. The van der Waals surface area contributed by atoms with Crippen LogP contribution in [0.25, 0.3) is 5.57 Å². The smallest absolute Gasteiger partial charge is 0.278 e. The molecule has 1 N–H and O–H groups in total. The summed E-state index contributed by atoms with van der Waals surface area (Å²) >= 11 is 1.45. The standard InChI is InChI=1S/C24H22N2O3S/c1-15-6-9-18(13-16(15)2)25-22-21(20-5-4-12-30-20)23(27)26(24(22)28)14-17-7-10-19(29-3)11-8-17/h4-13,25H,14H2,1-3H3. The van der Waals surface area contributed by atoms with E-state index in [1.807, 2.05) is 73.8 Å². The molecule has 0 atom stereocenters. The normalized spacial score (nSPS) is 13.9. The van der Waals surface area contributed by atoms with Gasteiger partial charge in [0.15, 0.2) is 0 Å². The molecule has 0 bridgehead atoms. The molecule has 0 saturated heterocycles. The third-order valence-electron chi connectivity index (χ3n) is 5.21. The zero-order valence-electron chi connectivity index (χ0n) is 17.1. The van der Waals surface area contributed by atoms with Crippen molar-refractivity contribution in [3.63, 3.8) is 0 Å². The van der Waals surface area contributed by atoms with Gasteiger partial charge in [-0.25, -0.2) is 0 Å². The number of methoxy groups -OCH3 is 1. The van der Waals surface area contributed by atoms with Gasteiger partial charge in [-0.1, -0.05) is 24.3 Å². The summed E-state index contributed by atoms with van der Waals surface area (Å²) in [6.45, 7) is 4.26. The Bertz CT molecular complexity index is 1130. The second-order valence-electron chi connectivity index (χ2n) is 7.20. The number of imide groups is 1. The zero-order valence-corrected chi connectivity index (χ0v) is 17.9. The molecule has 6 heteroatoms. The lowest BCUT2D eigenvalue weighted by Crippen LogP contribution is -2.31. The lowest BCUT2D eigenvalue weighted by atomic mass is 10.1. The van der Waals surface area contributed by atoms with Crippen LogP contribution < -0.4 is 10.1 Å². The van der Waals surface area contributed by atoms with Gasteiger partial charge in [0, 0.05) is 10.6 Å². The zero-order chi connectivity index (χ0) is 21.3. The van der Waals surface area contributed by atoms with E-state index in [-0.39, 0.29) is 18.4 Å². The highest BCUT2D eigenvalue weighted by Crippen LogP contribution is 2.34. The Morgan fingerprint density at radius 2 is 1.73 bits per heavy atom. The van der Waals surface area contributed by atoms with Gasteiger partial charge in [-0.3, -0.25) is 14.5 Å². The number of ether oxygens (including phenoxy) is 1. The first-order valence-electron chi connectivity index (χ1n) is 9.59. The van der Waals surface area contributed by atoms with Crippen LogP contribution >= 0.6 is 11.3 Å². The average molecular weight is 419 g/mol. The SMILES string of the molecule is COc1ccc(CN2C(=O)C(Nc3ccc(C)c(C)c3)=C(c3cccs3)C2=O)cc1. The lowest BCUT2D eigenvalue weighted by Gasteiger charge is -2.16. The van der Waals surface area contributed by atoms with Crippen LogP contribution in [0.1, 0.15) is 21.6 Å². The van der Waals surface area contributed by atoms with E-state index in [9.17, 15) is 9.59 Å². The highest BCUT2D eigenvalue weighted by molar-refractivity contribution is 7.11. The summed E-state index contributed by atoms with van der Waals surface area (Å²) < 4.78 is 5.18. The number of anilines is 1. The molecule has 2 amide bonds. The first-order chi connectivity index (χ1) is 14.5. The highest BCUT2D eigenvalue weighted by Gasteiger charge is 2.39. The van der Waals surface area contributed by atoms with E-state index in [1.165, 1.54) is 21.8 Å². The Balaban J connectivity index is 1.68. The monoisotopic (exact) mass is 418 g/mol. The number of nitrogens with zero attached hydrogens (tertiary/aromatic N) is 1. The molecule has 1 aromatic heterocycles. The van der Waals surface area contributed by atoms with Gasteiger partial charge in [-0.05, 0) is 66.2 Å². The van der Waals surface area contributed by atoms with Crippen molar-refractivity contribution < 1.29 is 14.3 Å². The van der Waals surface area contributed by atoms with Gasteiger partial charge < -0.3 is 10.1 Å². The molecule has 152 valence electrons. The van der Waals surface area contributed by atoms with Gasteiger partial charge in [0.25, 0.3) is 11.8 Å². The van der Waals surface area contributed by atoms with Crippen molar-refractivity contribution in [1.82, 2.24) is 4.90 Å². The van der Waals surface area contributed by atoms with Crippen LogP contribution in [0.3, 0.4) is 0 Å². The predicted octanol–water partition coefficient (Wildman–Crippen LogP) is 4.77. The molecule has 0 fully saturated rings. The maximum Gasteiger partial charge on any atom is 0.278 e. The third kappa shape index (κ3) is 3.74. The first kappa shape index (κ1) is 19.9. The van der Waals surface area contributed by atoms with E-state index < -0.39 is 0 Å². The molecule has 1 aliphatic heterocycles. The van der Waals surface area contributed by atoms with Crippen LogP contribution in [-0.4, -0.2) is 23.8 Å². The van der Waals surface area contributed by atoms with Crippen molar-refractivity contribution in [2.45, 2.75) is 20.4 Å². The fourth-order valence-corrected chi connectivity index (χ4v) is 4.13. The van der Waals surface area contributed by atoms with Crippen LogP contribution in [0, 0.1) is 13.8 Å². The minimum Gasteiger partial charge on any atom is -0.497 e. The van der Waals surface area contributed by atoms with E-state index in [4.69, 9.17) is 4.74 Å². The second kappa shape index (κ2) is 8.16. The number of thiophene rings is 1. The number of hydrogen-bond donors (Lipinski definition) is 1. The maximum absolute atomic E-state index is 13.3. The predicted molar refractivity (Wildman–Crippen MR) is 119 cm³/mol. The number of nitrogens with one attached hydrogen (secondary N) is 1. The molecule has 0 aliphatic carbocycles. The fraction of sp³-hybridized carbons (Fsp3) is 0.167. The Labute approximate surface area is 179 Å². The van der Waals surface area contributed by atoms with Crippen LogP contribution in [0.15, 0.2) is 65.7 Å². The van der Waals surface area contributed by atoms with Gasteiger partial charge in [-0.15, -0.1) is 11.3 Å². The third-order valence-corrected chi connectivity index (χ3v) is 6.10. The average Bonchev–Trinajstić information content (AvgIpc) is 3.34. The molecule has 30 heavy (non-hydrogen) atoms. The van der Waals surface area contributed by atoms with E-state index in [0.717, 1.165) is 27.4 Å². The second-order valence-corrected chi connectivity index (χ2v) is 8.14. The van der Waals surface area contributed by atoms with E-state index >= 15 is 0 Å². The van der Waals surface area contributed by atoms with E-state index in [0.29, 0.717) is 11.3 Å². The molecule has 0 saturated carbocycles. The van der Waals surface area contributed by atoms with Gasteiger partial charge in [-0.2, -0.15) is 0 Å². The fourth-order valence-electron chi connectivity index (χ4n) is 3.36. The summed E-state index contributed by atoms with van der Waals surface area (Å²) in [5.74, 6) is 0.120. The van der Waals surface area contributed by atoms with Crippen molar-refractivity contribution in [2.75, 3.05) is 12.4 Å². The Kier molecular flexibility index (Phi) is 5.42. The number of aryl methyl sites for hydroxylation is 2. The molecule has 0 spiro atoms. The van der Waals surface area contributed by atoms with Crippen molar-refractivity contribution >= 4 is 34.4 Å². The molecule has 3 aromatic rings. The quantitative estimate of drug-likeness (QED) is 0.586. The van der Waals surface area contributed by atoms with Crippen molar-refractivity contribution in [3.05, 3.63) is 87.2 Å². The largest absolute Gasteiger partial charge is 0.497 e. The Morgan fingerprint density at radius 3 is 2.37 bits per heavy atom. The highest BCUT2D eigenvalue weighted by atomic mass is 32.1. The van der Waals surface area contributed by atoms with Crippen LogP contribution in [0.5, 0.6) is 5.75 Å². The molecule has 4 rings (SSSR count). The van der Waals surface area contributed by atoms with Crippen LogP contribution in [-0.2, 0) is 16.1 Å². The number of carbonyl (C=O) groups is 2. The molecule has 1 aliphatic rings. The van der Waals surface area contributed by atoms with Crippen LogP contribution in [0.4, 0.5) is 5.69 Å². The topological polar surface area (TPSA) is 58.6 Å². The molecule has 5 nitrogen and oxygen atoms in total. The number of amides is 2. The molecule has 2 aromatic carbocycles. The Hall–Kier alpha value is -3.38. The summed E-state index contributed by atoms with van der Waals surface area (Å²) in [6.07, 6.45) is 0. The van der Waals surface area contributed by atoms with E-state index in [1.54, 1.807) is 7.11 Å². The summed E-state index contributed by atoms with van der Waals surface area (Å²) in [4.78, 5) is 28.6. The van der Waals surface area contributed by atoms with Gasteiger partial charge in [0.2, 0.25) is 0 Å². The van der Waals surface area contributed by atoms with Crippen molar-refractivity contribution in [1.29, 1.82) is 0 Å². The molecule has 0 radical (unpaired) electrons. The van der Waals surface area contributed by atoms with Gasteiger partial charge in [0.1, 0.15) is 11.4 Å². The molecule has 2 heterocycles. The maximum atomic E-state index is 13.3. The van der Waals surface area contributed by atoms with Crippen molar-refractivity contribution in [2.24, 2.45) is 0 Å². The summed E-state index contributed by atoms with van der Waals surface area (Å²) in [7, 11) is 1.60.